The summed E-state index contributed by atoms with van der Waals surface area (Å²) in [5, 5.41) is 2.83. The number of hydrogen-bond donors (Lipinski definition) is 1. The fourth-order valence-corrected chi connectivity index (χ4v) is 2.08. The van der Waals surface area contributed by atoms with E-state index in [1.54, 1.807) is 6.20 Å². The second-order valence-electron chi connectivity index (χ2n) is 4.32. The molecule has 2 aromatic rings. The van der Waals surface area contributed by atoms with Gasteiger partial charge in [0.15, 0.2) is 0 Å². The van der Waals surface area contributed by atoms with Crippen LogP contribution in [0.15, 0.2) is 36.5 Å². The van der Waals surface area contributed by atoms with Gasteiger partial charge in [-0.1, -0.05) is 6.07 Å². The number of aromatic nitrogens is 1. The highest BCUT2D eigenvalue weighted by Crippen LogP contribution is 2.28. The Hall–Kier alpha value is -2.16. The number of hydrogen-bond acceptors (Lipinski definition) is 2. The zero-order valence-corrected chi connectivity index (χ0v) is 9.53. The van der Waals surface area contributed by atoms with E-state index in [9.17, 15) is 4.79 Å². The quantitative estimate of drug-likeness (QED) is 0.808. The standard InChI is InChI=1S/C14H12N2O/c1-9-4-5-15-13(6-9)10-2-3-12-11(7-10)8-14(17)16-12/h2-7H,8H2,1H3,(H,16,17). The van der Waals surface area contributed by atoms with Gasteiger partial charge in [0.2, 0.25) is 5.91 Å². The zero-order valence-electron chi connectivity index (χ0n) is 9.53. The Bertz CT molecular complexity index is 605. The third-order valence-corrected chi connectivity index (χ3v) is 2.94. The van der Waals surface area contributed by atoms with Crippen molar-refractivity contribution in [3.63, 3.8) is 0 Å². The lowest BCUT2D eigenvalue weighted by molar-refractivity contribution is -0.115. The van der Waals surface area contributed by atoms with E-state index >= 15 is 0 Å². The van der Waals surface area contributed by atoms with Gasteiger partial charge >= 0.3 is 0 Å². The average Bonchev–Trinajstić information content (AvgIpc) is 2.68. The van der Waals surface area contributed by atoms with Gasteiger partial charge in [-0.05, 0) is 42.3 Å². The highest BCUT2D eigenvalue weighted by atomic mass is 16.1. The summed E-state index contributed by atoms with van der Waals surface area (Å²) in [4.78, 5) is 15.6. The Labute approximate surface area is 99.5 Å². The van der Waals surface area contributed by atoms with Crippen LogP contribution in [0.4, 0.5) is 5.69 Å². The molecular formula is C14H12N2O. The van der Waals surface area contributed by atoms with Crippen LogP contribution in [0.3, 0.4) is 0 Å². The first kappa shape index (κ1) is 10.0. The summed E-state index contributed by atoms with van der Waals surface area (Å²) in [6, 6.07) is 9.99. The van der Waals surface area contributed by atoms with Gasteiger partial charge in [-0.2, -0.15) is 0 Å². The predicted octanol–water partition coefficient (Wildman–Crippen LogP) is 2.55. The van der Waals surface area contributed by atoms with Crippen molar-refractivity contribution < 1.29 is 4.79 Å². The number of carbonyl (C=O) groups excluding carboxylic acids is 1. The van der Waals surface area contributed by atoms with Crippen molar-refractivity contribution in [3.05, 3.63) is 47.7 Å². The Morgan fingerprint density at radius 1 is 1.24 bits per heavy atom. The minimum Gasteiger partial charge on any atom is -0.326 e. The largest absolute Gasteiger partial charge is 0.326 e. The molecule has 0 unspecified atom stereocenters. The van der Waals surface area contributed by atoms with Crippen molar-refractivity contribution in [2.75, 3.05) is 5.32 Å². The molecule has 1 aromatic carbocycles. The van der Waals surface area contributed by atoms with Crippen LogP contribution >= 0.6 is 0 Å². The molecule has 2 heterocycles. The number of nitrogens with zero attached hydrogens (tertiary/aromatic N) is 1. The summed E-state index contributed by atoms with van der Waals surface area (Å²) in [7, 11) is 0. The lowest BCUT2D eigenvalue weighted by Crippen LogP contribution is -2.03. The van der Waals surface area contributed by atoms with E-state index in [1.807, 2.05) is 37.3 Å². The van der Waals surface area contributed by atoms with E-state index in [1.165, 1.54) is 5.56 Å². The molecule has 84 valence electrons. The first-order valence-electron chi connectivity index (χ1n) is 5.58. The second kappa shape index (κ2) is 3.70. The van der Waals surface area contributed by atoms with Crippen LogP contribution in [0.1, 0.15) is 11.1 Å². The van der Waals surface area contributed by atoms with Crippen molar-refractivity contribution >= 4 is 11.6 Å². The number of rotatable bonds is 1. The van der Waals surface area contributed by atoms with Crippen molar-refractivity contribution in [3.8, 4) is 11.3 Å². The molecule has 0 bridgehead atoms. The van der Waals surface area contributed by atoms with Gasteiger partial charge < -0.3 is 5.32 Å². The van der Waals surface area contributed by atoms with E-state index < -0.39 is 0 Å². The maximum atomic E-state index is 11.3. The molecule has 1 aliphatic heterocycles. The van der Waals surface area contributed by atoms with E-state index in [0.717, 1.165) is 22.5 Å². The summed E-state index contributed by atoms with van der Waals surface area (Å²) >= 11 is 0. The minimum atomic E-state index is 0.0642. The lowest BCUT2D eigenvalue weighted by Gasteiger charge is -2.04. The van der Waals surface area contributed by atoms with Gasteiger partial charge in [0.1, 0.15) is 0 Å². The van der Waals surface area contributed by atoms with Crippen LogP contribution in [-0.2, 0) is 11.2 Å². The number of fused-ring (bicyclic) bond motifs is 1. The maximum absolute atomic E-state index is 11.3. The number of pyridine rings is 1. The van der Waals surface area contributed by atoms with Crippen LogP contribution < -0.4 is 5.32 Å². The topological polar surface area (TPSA) is 42.0 Å². The highest BCUT2D eigenvalue weighted by molar-refractivity contribution is 5.99. The van der Waals surface area contributed by atoms with Crippen molar-refractivity contribution in [2.24, 2.45) is 0 Å². The van der Waals surface area contributed by atoms with Gasteiger partial charge in [-0.15, -0.1) is 0 Å². The van der Waals surface area contributed by atoms with Crippen LogP contribution in [-0.4, -0.2) is 10.9 Å². The smallest absolute Gasteiger partial charge is 0.228 e. The van der Waals surface area contributed by atoms with Crippen LogP contribution in [0.5, 0.6) is 0 Å². The number of nitrogens with one attached hydrogen (secondary N) is 1. The maximum Gasteiger partial charge on any atom is 0.228 e. The van der Waals surface area contributed by atoms with Gasteiger partial charge in [-0.25, -0.2) is 0 Å². The molecule has 17 heavy (non-hydrogen) atoms. The van der Waals surface area contributed by atoms with Gasteiger partial charge in [0.25, 0.3) is 0 Å². The van der Waals surface area contributed by atoms with E-state index in [0.29, 0.717) is 6.42 Å². The first-order chi connectivity index (χ1) is 8.22. The normalized spacial score (nSPS) is 13.4. The molecule has 3 nitrogen and oxygen atoms in total. The summed E-state index contributed by atoms with van der Waals surface area (Å²) in [5.41, 5.74) is 5.17. The van der Waals surface area contributed by atoms with Gasteiger partial charge in [0, 0.05) is 17.4 Å². The molecule has 1 N–H and O–H groups in total. The Morgan fingerprint density at radius 2 is 2.12 bits per heavy atom. The number of aryl methyl sites for hydroxylation is 1. The average molecular weight is 224 g/mol. The molecule has 1 amide bonds. The number of carbonyl (C=O) groups is 1. The molecule has 3 rings (SSSR count). The van der Waals surface area contributed by atoms with Crippen molar-refractivity contribution in [1.29, 1.82) is 0 Å². The first-order valence-corrected chi connectivity index (χ1v) is 5.58. The molecule has 0 saturated carbocycles. The summed E-state index contributed by atoms with van der Waals surface area (Å²) in [6.07, 6.45) is 2.27. The second-order valence-corrected chi connectivity index (χ2v) is 4.32. The molecule has 1 aliphatic rings. The molecule has 0 spiro atoms. The molecule has 1 aromatic heterocycles. The van der Waals surface area contributed by atoms with E-state index in [-0.39, 0.29) is 5.91 Å². The fraction of sp³-hybridized carbons (Fsp3) is 0.143. The Kier molecular flexibility index (Phi) is 2.18. The van der Waals surface area contributed by atoms with E-state index in [2.05, 4.69) is 10.3 Å². The predicted molar refractivity (Wildman–Crippen MR) is 66.7 cm³/mol. The fourth-order valence-electron chi connectivity index (χ4n) is 2.08. The lowest BCUT2D eigenvalue weighted by atomic mass is 10.0. The third kappa shape index (κ3) is 1.80. The number of anilines is 1. The van der Waals surface area contributed by atoms with Crippen molar-refractivity contribution in [2.45, 2.75) is 13.3 Å². The monoisotopic (exact) mass is 224 g/mol. The highest BCUT2D eigenvalue weighted by Gasteiger charge is 2.17. The minimum absolute atomic E-state index is 0.0642. The van der Waals surface area contributed by atoms with E-state index in [4.69, 9.17) is 0 Å². The Morgan fingerprint density at radius 3 is 2.94 bits per heavy atom. The molecule has 3 heteroatoms. The molecule has 0 aliphatic carbocycles. The molecule has 0 atom stereocenters. The molecular weight excluding hydrogens is 212 g/mol. The molecule has 0 saturated heterocycles. The Balaban J connectivity index is 2.06. The molecule has 0 radical (unpaired) electrons. The van der Waals surface area contributed by atoms with Crippen LogP contribution in [0.2, 0.25) is 0 Å². The SMILES string of the molecule is Cc1ccnc(-c2ccc3c(c2)CC(=O)N3)c1. The summed E-state index contributed by atoms with van der Waals surface area (Å²) in [5.74, 6) is 0.0642. The third-order valence-electron chi connectivity index (χ3n) is 2.94. The van der Waals surface area contributed by atoms with Crippen LogP contribution in [0, 0.1) is 6.92 Å². The molecule has 0 fully saturated rings. The summed E-state index contributed by atoms with van der Waals surface area (Å²) < 4.78 is 0. The van der Waals surface area contributed by atoms with Gasteiger partial charge in [-0.3, -0.25) is 9.78 Å². The van der Waals surface area contributed by atoms with Crippen molar-refractivity contribution in [1.82, 2.24) is 4.98 Å². The van der Waals surface area contributed by atoms with Crippen LogP contribution in [0.25, 0.3) is 11.3 Å². The number of amides is 1. The zero-order chi connectivity index (χ0) is 11.8. The van der Waals surface area contributed by atoms with Gasteiger partial charge in [0.05, 0.1) is 12.1 Å². The summed E-state index contributed by atoms with van der Waals surface area (Å²) in [6.45, 7) is 2.05. The number of benzene rings is 1.